The van der Waals surface area contributed by atoms with Crippen molar-refractivity contribution in [3.8, 4) is 0 Å². The number of nitrogens with zero attached hydrogens (tertiary/aromatic N) is 1. The standard InChI is InChI=1S/C14H20BrN/c1-10-7-12(15)8-11(2)13(10)14(5-6-14)9-16(3)4/h7-8H,5-6,9H2,1-4H3. The van der Waals surface area contributed by atoms with Crippen molar-refractivity contribution in [2.24, 2.45) is 0 Å². The van der Waals surface area contributed by atoms with Gasteiger partial charge in [0.1, 0.15) is 0 Å². The van der Waals surface area contributed by atoms with Crippen molar-refractivity contribution in [2.75, 3.05) is 20.6 Å². The number of benzene rings is 1. The number of likely N-dealkylation sites (N-methyl/N-ethyl adjacent to an activating group) is 1. The SMILES string of the molecule is Cc1cc(Br)cc(C)c1C1(CN(C)C)CC1. The van der Waals surface area contributed by atoms with Crippen LogP contribution in [0.1, 0.15) is 29.5 Å². The van der Waals surface area contributed by atoms with Gasteiger partial charge in [0.05, 0.1) is 0 Å². The molecule has 0 heterocycles. The molecule has 0 saturated heterocycles. The van der Waals surface area contributed by atoms with E-state index in [4.69, 9.17) is 0 Å². The third-order valence-corrected chi connectivity index (χ3v) is 3.96. The highest BCUT2D eigenvalue weighted by Crippen LogP contribution is 2.51. The molecule has 0 spiro atoms. The third kappa shape index (κ3) is 2.18. The number of halogens is 1. The van der Waals surface area contributed by atoms with Crippen molar-refractivity contribution >= 4 is 15.9 Å². The first kappa shape index (κ1) is 12.1. The van der Waals surface area contributed by atoms with E-state index >= 15 is 0 Å². The molecule has 88 valence electrons. The number of aryl methyl sites for hydroxylation is 2. The fraction of sp³-hybridized carbons (Fsp3) is 0.571. The third-order valence-electron chi connectivity index (χ3n) is 3.50. The van der Waals surface area contributed by atoms with E-state index < -0.39 is 0 Å². The van der Waals surface area contributed by atoms with E-state index in [9.17, 15) is 0 Å². The van der Waals surface area contributed by atoms with Crippen LogP contribution in [0.5, 0.6) is 0 Å². The Bertz CT molecular complexity index is 382. The maximum absolute atomic E-state index is 3.57. The highest BCUT2D eigenvalue weighted by molar-refractivity contribution is 9.10. The summed E-state index contributed by atoms with van der Waals surface area (Å²) >= 11 is 3.57. The number of rotatable bonds is 3. The van der Waals surface area contributed by atoms with Crippen LogP contribution in [-0.2, 0) is 5.41 Å². The summed E-state index contributed by atoms with van der Waals surface area (Å²) in [4.78, 5) is 2.31. The Labute approximate surface area is 107 Å². The van der Waals surface area contributed by atoms with Crippen LogP contribution in [0, 0.1) is 13.8 Å². The molecule has 0 unspecified atom stereocenters. The minimum absolute atomic E-state index is 0.443. The summed E-state index contributed by atoms with van der Waals surface area (Å²) in [5, 5.41) is 0. The zero-order valence-corrected chi connectivity index (χ0v) is 12.2. The first-order valence-corrected chi connectivity index (χ1v) is 6.66. The van der Waals surface area contributed by atoms with Crippen LogP contribution in [0.15, 0.2) is 16.6 Å². The predicted octanol–water partition coefficient (Wildman–Crippen LogP) is 3.66. The molecule has 1 aromatic carbocycles. The average molecular weight is 282 g/mol. The van der Waals surface area contributed by atoms with Crippen molar-refractivity contribution in [1.29, 1.82) is 0 Å². The molecule has 1 aromatic rings. The summed E-state index contributed by atoms with van der Waals surface area (Å²) in [5.74, 6) is 0. The molecule has 1 nitrogen and oxygen atoms in total. The minimum Gasteiger partial charge on any atom is -0.309 e. The van der Waals surface area contributed by atoms with Gasteiger partial charge in [-0.3, -0.25) is 0 Å². The molecule has 1 saturated carbocycles. The van der Waals surface area contributed by atoms with Gasteiger partial charge in [-0.25, -0.2) is 0 Å². The van der Waals surface area contributed by atoms with Crippen LogP contribution in [0.3, 0.4) is 0 Å². The normalized spacial score (nSPS) is 17.9. The van der Waals surface area contributed by atoms with Crippen molar-refractivity contribution in [3.63, 3.8) is 0 Å². The molecule has 0 bridgehead atoms. The van der Waals surface area contributed by atoms with E-state index in [1.807, 2.05) is 0 Å². The summed E-state index contributed by atoms with van der Waals surface area (Å²) in [6, 6.07) is 4.50. The quantitative estimate of drug-likeness (QED) is 0.817. The van der Waals surface area contributed by atoms with Crippen molar-refractivity contribution < 1.29 is 0 Å². The average Bonchev–Trinajstić information content (AvgIpc) is 2.81. The molecule has 1 aliphatic carbocycles. The lowest BCUT2D eigenvalue weighted by molar-refractivity contribution is 0.361. The molecule has 0 aromatic heterocycles. The van der Waals surface area contributed by atoms with Crippen molar-refractivity contribution in [3.05, 3.63) is 33.3 Å². The second-order valence-corrected chi connectivity index (χ2v) is 6.35. The Kier molecular flexibility index (Phi) is 3.15. The second-order valence-electron chi connectivity index (χ2n) is 5.43. The van der Waals surface area contributed by atoms with Gasteiger partial charge < -0.3 is 4.90 Å². The summed E-state index contributed by atoms with van der Waals surface area (Å²) in [6.45, 7) is 5.65. The smallest absolute Gasteiger partial charge is 0.0180 e. The Morgan fingerprint density at radius 1 is 1.19 bits per heavy atom. The van der Waals surface area contributed by atoms with E-state index in [2.05, 4.69) is 60.9 Å². The van der Waals surface area contributed by atoms with E-state index in [1.165, 1.54) is 35.0 Å². The van der Waals surface area contributed by atoms with Gasteiger partial charge in [0.25, 0.3) is 0 Å². The Balaban J connectivity index is 2.41. The van der Waals surface area contributed by atoms with E-state index in [-0.39, 0.29) is 0 Å². The number of hydrogen-bond acceptors (Lipinski definition) is 1. The molecule has 0 atom stereocenters. The van der Waals surface area contributed by atoms with Gasteiger partial charge in [0, 0.05) is 16.4 Å². The lowest BCUT2D eigenvalue weighted by atomic mass is 9.88. The molecule has 2 heteroatoms. The van der Waals surface area contributed by atoms with Gasteiger partial charge in [-0.05, 0) is 69.6 Å². The summed E-state index contributed by atoms with van der Waals surface area (Å²) in [5.41, 5.74) is 4.90. The summed E-state index contributed by atoms with van der Waals surface area (Å²) in [6.07, 6.45) is 2.68. The zero-order valence-electron chi connectivity index (χ0n) is 10.6. The topological polar surface area (TPSA) is 3.24 Å². The van der Waals surface area contributed by atoms with Gasteiger partial charge in [-0.2, -0.15) is 0 Å². The lowest BCUT2D eigenvalue weighted by Gasteiger charge is -2.24. The van der Waals surface area contributed by atoms with Crippen LogP contribution >= 0.6 is 15.9 Å². The zero-order chi connectivity index (χ0) is 11.9. The monoisotopic (exact) mass is 281 g/mol. The van der Waals surface area contributed by atoms with Gasteiger partial charge >= 0.3 is 0 Å². The van der Waals surface area contributed by atoms with E-state index in [0.717, 1.165) is 0 Å². The van der Waals surface area contributed by atoms with Crippen LogP contribution in [0.25, 0.3) is 0 Å². The molecular formula is C14H20BrN. The largest absolute Gasteiger partial charge is 0.309 e. The summed E-state index contributed by atoms with van der Waals surface area (Å²) in [7, 11) is 4.34. The Morgan fingerprint density at radius 3 is 2.06 bits per heavy atom. The molecule has 0 amide bonds. The molecule has 2 rings (SSSR count). The first-order chi connectivity index (χ1) is 7.44. The molecule has 0 aliphatic heterocycles. The molecule has 0 radical (unpaired) electrons. The van der Waals surface area contributed by atoms with Crippen LogP contribution in [0.4, 0.5) is 0 Å². The van der Waals surface area contributed by atoms with Crippen LogP contribution < -0.4 is 0 Å². The van der Waals surface area contributed by atoms with Gasteiger partial charge in [-0.15, -0.1) is 0 Å². The molecule has 0 N–H and O–H groups in total. The van der Waals surface area contributed by atoms with Gasteiger partial charge in [-0.1, -0.05) is 15.9 Å². The molecule has 1 fully saturated rings. The maximum atomic E-state index is 3.57. The number of hydrogen-bond donors (Lipinski definition) is 0. The van der Waals surface area contributed by atoms with Crippen molar-refractivity contribution in [1.82, 2.24) is 4.90 Å². The second kappa shape index (κ2) is 4.15. The highest BCUT2D eigenvalue weighted by atomic mass is 79.9. The van der Waals surface area contributed by atoms with E-state index in [0.29, 0.717) is 5.41 Å². The molecular weight excluding hydrogens is 262 g/mol. The fourth-order valence-electron chi connectivity index (χ4n) is 2.99. The lowest BCUT2D eigenvalue weighted by Crippen LogP contribution is -2.27. The summed E-state index contributed by atoms with van der Waals surface area (Å²) < 4.78 is 1.20. The Morgan fingerprint density at radius 2 is 1.69 bits per heavy atom. The van der Waals surface area contributed by atoms with E-state index in [1.54, 1.807) is 5.56 Å². The minimum atomic E-state index is 0.443. The maximum Gasteiger partial charge on any atom is 0.0180 e. The molecule has 1 aliphatic rings. The van der Waals surface area contributed by atoms with Crippen LogP contribution in [-0.4, -0.2) is 25.5 Å². The van der Waals surface area contributed by atoms with Gasteiger partial charge in [0.15, 0.2) is 0 Å². The molecule has 16 heavy (non-hydrogen) atoms. The highest BCUT2D eigenvalue weighted by Gasteiger charge is 2.46. The first-order valence-electron chi connectivity index (χ1n) is 5.86. The van der Waals surface area contributed by atoms with Crippen molar-refractivity contribution in [2.45, 2.75) is 32.1 Å². The van der Waals surface area contributed by atoms with Gasteiger partial charge in [0.2, 0.25) is 0 Å². The predicted molar refractivity (Wildman–Crippen MR) is 73.1 cm³/mol. The Hall–Kier alpha value is -0.340. The van der Waals surface area contributed by atoms with Crippen LogP contribution in [0.2, 0.25) is 0 Å². The fourth-order valence-corrected chi connectivity index (χ4v) is 3.68.